The third kappa shape index (κ3) is 3.83. The molecule has 1 saturated carbocycles. The maximum atomic E-state index is 12.2. The number of nitrogens with one attached hydrogen (secondary N) is 2. The smallest absolute Gasteiger partial charge is 0.308 e. The maximum Gasteiger partial charge on any atom is 0.308 e. The van der Waals surface area contributed by atoms with E-state index < -0.39 is 8.68 Å². The van der Waals surface area contributed by atoms with Crippen LogP contribution in [0.1, 0.15) is 36.9 Å². The quantitative estimate of drug-likeness (QED) is 0.347. The van der Waals surface area contributed by atoms with Gasteiger partial charge in [-0.25, -0.2) is 4.68 Å². The Labute approximate surface area is 210 Å². The first-order chi connectivity index (χ1) is 17.5. The van der Waals surface area contributed by atoms with Gasteiger partial charge in [0, 0.05) is 35.2 Å². The molecule has 1 aliphatic heterocycles. The van der Waals surface area contributed by atoms with E-state index in [2.05, 4.69) is 54.7 Å². The van der Waals surface area contributed by atoms with Gasteiger partial charge in [0.2, 0.25) is 0 Å². The molecular formula is C27H29N7OSi. The number of nitrogens with zero attached hydrogens (tertiary/aromatic N) is 5. The molecule has 8 nitrogen and oxygen atoms in total. The molecule has 36 heavy (non-hydrogen) atoms. The molecule has 0 radical (unpaired) electrons. The standard InChI is InChI=1S/C27H29N7OSi/c1-36(35)21-11-22(23-13-28-30-25(23)12-21)26-16-34(32-31-26)14-18-3-4-19-10-20(29-24(19)9-18)15-33-8-7-27(17-33)5-2-6-27/h3-4,9-13,16,29H,2,5-8,14-15,17H2,1H3,(H,28,30). The van der Waals surface area contributed by atoms with Crippen LogP contribution in [0.3, 0.4) is 0 Å². The van der Waals surface area contributed by atoms with Crippen molar-refractivity contribution in [1.82, 2.24) is 35.1 Å². The molecule has 0 bridgehead atoms. The van der Waals surface area contributed by atoms with Gasteiger partial charge in [0.1, 0.15) is 5.69 Å². The summed E-state index contributed by atoms with van der Waals surface area (Å²) < 4.78 is 14.1. The summed E-state index contributed by atoms with van der Waals surface area (Å²) in [6.45, 7) is 5.86. The number of likely N-dealkylation sites (tertiary alicyclic amines) is 1. The van der Waals surface area contributed by atoms with E-state index in [1.807, 2.05) is 23.0 Å². The molecule has 182 valence electrons. The van der Waals surface area contributed by atoms with Gasteiger partial charge in [-0.05, 0) is 78.2 Å². The van der Waals surface area contributed by atoms with Crippen molar-refractivity contribution in [1.29, 1.82) is 0 Å². The van der Waals surface area contributed by atoms with Crippen LogP contribution in [0.15, 0.2) is 48.8 Å². The van der Waals surface area contributed by atoms with Crippen LogP contribution < -0.4 is 5.19 Å². The SMILES string of the molecule is C[Si](=O)c1cc(-c2cn(Cc3ccc4cc(CN5CCC6(CCC6)C5)[nH]c4c3)nn2)c2cn[nH]c2c1. The minimum atomic E-state index is -1.84. The molecule has 0 atom stereocenters. The third-order valence-electron chi connectivity index (χ3n) is 8.19. The van der Waals surface area contributed by atoms with E-state index in [9.17, 15) is 4.46 Å². The second kappa shape index (κ2) is 8.31. The van der Waals surface area contributed by atoms with Crippen molar-refractivity contribution < 1.29 is 4.46 Å². The Morgan fingerprint density at radius 3 is 2.81 bits per heavy atom. The van der Waals surface area contributed by atoms with E-state index in [0.717, 1.165) is 33.9 Å². The largest absolute Gasteiger partial charge is 0.383 e. The van der Waals surface area contributed by atoms with Crippen LogP contribution in [0.2, 0.25) is 6.55 Å². The van der Waals surface area contributed by atoms with E-state index in [1.54, 1.807) is 12.7 Å². The zero-order valence-electron chi connectivity index (χ0n) is 20.4. The minimum absolute atomic E-state index is 0.629. The molecule has 2 aromatic carbocycles. The summed E-state index contributed by atoms with van der Waals surface area (Å²) in [5, 5.41) is 19.0. The number of rotatable bonds is 6. The second-order valence-electron chi connectivity index (χ2n) is 10.7. The summed E-state index contributed by atoms with van der Waals surface area (Å²) in [6.07, 6.45) is 9.35. The van der Waals surface area contributed by atoms with Crippen molar-refractivity contribution in [2.24, 2.45) is 5.41 Å². The Kier molecular flexibility index (Phi) is 5.04. The van der Waals surface area contributed by atoms with Crippen molar-refractivity contribution in [3.63, 3.8) is 0 Å². The van der Waals surface area contributed by atoms with Crippen molar-refractivity contribution in [2.75, 3.05) is 13.1 Å². The van der Waals surface area contributed by atoms with Crippen LogP contribution in [-0.4, -0.2) is 56.8 Å². The topological polar surface area (TPSA) is 95.5 Å². The molecule has 2 aliphatic rings. The molecule has 2 N–H and O–H groups in total. The number of aromatic nitrogens is 6. The number of aromatic amines is 2. The zero-order valence-corrected chi connectivity index (χ0v) is 21.4. The van der Waals surface area contributed by atoms with Crippen LogP contribution in [0.5, 0.6) is 0 Å². The highest BCUT2D eigenvalue weighted by Gasteiger charge is 2.42. The first-order valence-electron chi connectivity index (χ1n) is 12.8. The molecule has 2 fully saturated rings. The van der Waals surface area contributed by atoms with E-state index in [-0.39, 0.29) is 0 Å². The van der Waals surface area contributed by atoms with Gasteiger partial charge in [-0.3, -0.25) is 10.00 Å². The lowest BCUT2D eigenvalue weighted by Gasteiger charge is -2.38. The van der Waals surface area contributed by atoms with Gasteiger partial charge in [0.15, 0.2) is 0 Å². The Bertz CT molecular complexity index is 1610. The summed E-state index contributed by atoms with van der Waals surface area (Å²) >= 11 is 0. The summed E-state index contributed by atoms with van der Waals surface area (Å²) in [7, 11) is -1.84. The highest BCUT2D eigenvalue weighted by atomic mass is 28.3. The average Bonchev–Trinajstić information content (AvgIpc) is 3.63. The summed E-state index contributed by atoms with van der Waals surface area (Å²) in [5.41, 5.74) is 6.78. The van der Waals surface area contributed by atoms with Crippen molar-refractivity contribution in [3.05, 3.63) is 60.0 Å². The molecule has 1 spiro atoms. The Hall–Kier alpha value is -3.43. The lowest BCUT2D eigenvalue weighted by molar-refractivity contribution is 0.137. The fraction of sp³-hybridized carbons (Fsp3) is 0.370. The summed E-state index contributed by atoms with van der Waals surface area (Å²) in [6, 6.07) is 12.7. The maximum absolute atomic E-state index is 12.2. The monoisotopic (exact) mass is 495 g/mol. The van der Waals surface area contributed by atoms with Gasteiger partial charge >= 0.3 is 8.68 Å². The normalized spacial score (nSPS) is 17.4. The predicted molar refractivity (Wildman–Crippen MR) is 141 cm³/mol. The average molecular weight is 496 g/mol. The molecule has 5 aromatic rings. The van der Waals surface area contributed by atoms with Crippen molar-refractivity contribution >= 4 is 35.7 Å². The van der Waals surface area contributed by atoms with Gasteiger partial charge in [-0.15, -0.1) is 5.10 Å². The lowest BCUT2D eigenvalue weighted by atomic mass is 9.68. The van der Waals surface area contributed by atoms with Crippen LogP contribution in [-0.2, 0) is 17.6 Å². The molecule has 7 rings (SSSR count). The molecule has 0 amide bonds. The van der Waals surface area contributed by atoms with Crippen LogP contribution in [0, 0.1) is 5.41 Å². The highest BCUT2D eigenvalue weighted by molar-refractivity contribution is 6.58. The summed E-state index contributed by atoms with van der Waals surface area (Å²) in [4.78, 5) is 6.27. The molecule has 4 heterocycles. The molecule has 1 aliphatic carbocycles. The Balaban J connectivity index is 1.10. The zero-order chi connectivity index (χ0) is 24.3. The van der Waals surface area contributed by atoms with E-state index in [0.29, 0.717) is 12.0 Å². The van der Waals surface area contributed by atoms with Crippen LogP contribution in [0.4, 0.5) is 0 Å². The van der Waals surface area contributed by atoms with E-state index in [1.165, 1.54) is 60.9 Å². The first kappa shape index (κ1) is 21.8. The summed E-state index contributed by atoms with van der Waals surface area (Å²) in [5.74, 6) is 0. The fourth-order valence-electron chi connectivity index (χ4n) is 6.06. The number of fused-ring (bicyclic) bond motifs is 2. The Morgan fingerprint density at radius 2 is 2.00 bits per heavy atom. The second-order valence-corrected chi connectivity index (χ2v) is 12.4. The number of hydrogen-bond acceptors (Lipinski definition) is 5. The van der Waals surface area contributed by atoms with Gasteiger partial charge in [0.05, 0.1) is 24.5 Å². The van der Waals surface area contributed by atoms with Crippen molar-refractivity contribution in [3.8, 4) is 11.3 Å². The number of benzene rings is 2. The number of hydrogen-bond donors (Lipinski definition) is 2. The van der Waals surface area contributed by atoms with Crippen LogP contribution >= 0.6 is 0 Å². The van der Waals surface area contributed by atoms with Crippen molar-refractivity contribution in [2.45, 2.75) is 45.3 Å². The van der Waals surface area contributed by atoms with E-state index in [4.69, 9.17) is 0 Å². The molecular weight excluding hydrogens is 466 g/mol. The highest BCUT2D eigenvalue weighted by Crippen LogP contribution is 2.48. The molecule has 1 saturated heterocycles. The van der Waals surface area contributed by atoms with Gasteiger partial charge < -0.3 is 9.45 Å². The van der Waals surface area contributed by atoms with Gasteiger partial charge in [-0.1, -0.05) is 23.8 Å². The molecule has 3 aromatic heterocycles. The van der Waals surface area contributed by atoms with Gasteiger partial charge in [0.25, 0.3) is 0 Å². The molecule has 0 unspecified atom stereocenters. The minimum Gasteiger partial charge on any atom is -0.383 e. The van der Waals surface area contributed by atoms with Gasteiger partial charge in [-0.2, -0.15) is 5.10 Å². The lowest BCUT2D eigenvalue weighted by Crippen LogP contribution is -2.32. The van der Waals surface area contributed by atoms with Crippen LogP contribution in [0.25, 0.3) is 33.1 Å². The Morgan fingerprint density at radius 1 is 1.08 bits per heavy atom. The third-order valence-corrected chi connectivity index (χ3v) is 9.29. The number of H-pyrrole nitrogens is 2. The first-order valence-corrected chi connectivity index (χ1v) is 14.7. The predicted octanol–water partition coefficient (Wildman–Crippen LogP) is 3.99. The molecule has 9 heteroatoms. The fourth-order valence-corrected chi connectivity index (χ4v) is 6.75. The van der Waals surface area contributed by atoms with E-state index >= 15 is 0 Å².